The number of carbonyl (C=O) groups is 2. The van der Waals surface area contributed by atoms with Gasteiger partial charge in [-0.3, -0.25) is 15.0 Å². The third-order valence-corrected chi connectivity index (χ3v) is 5.95. The number of fused-ring (bicyclic) bond motifs is 2. The summed E-state index contributed by atoms with van der Waals surface area (Å²) < 4.78 is 24.4. The van der Waals surface area contributed by atoms with Gasteiger partial charge in [0.1, 0.15) is 0 Å². The van der Waals surface area contributed by atoms with Crippen molar-refractivity contribution >= 4 is 21.9 Å². The Balaban J connectivity index is 1.70. The number of hydrazine groups is 1. The first-order chi connectivity index (χ1) is 11.3. The summed E-state index contributed by atoms with van der Waals surface area (Å²) in [4.78, 5) is 25.8. The quantitative estimate of drug-likeness (QED) is 0.538. The second-order valence-electron chi connectivity index (χ2n) is 6.25. The number of aliphatic carboxylic acids is 1. The molecule has 3 rings (SSSR count). The summed E-state index contributed by atoms with van der Waals surface area (Å²) in [6.45, 7) is 1.83. The van der Waals surface area contributed by atoms with Crippen molar-refractivity contribution in [3.63, 3.8) is 0 Å². The first-order valence-electron chi connectivity index (χ1n) is 7.59. The Kier molecular flexibility index (Phi) is 4.18. The predicted octanol–water partition coefficient (Wildman–Crippen LogP) is 0.827. The van der Waals surface area contributed by atoms with Crippen LogP contribution in [0, 0.1) is 30.6 Å². The molecule has 1 fully saturated rings. The maximum absolute atomic E-state index is 12.3. The fourth-order valence-corrected chi connectivity index (χ4v) is 4.34. The number of hydrogen-bond donors (Lipinski definition) is 3. The summed E-state index contributed by atoms with van der Waals surface area (Å²) in [5.41, 5.74) is 3.09. The van der Waals surface area contributed by atoms with Gasteiger partial charge in [-0.1, -0.05) is 29.8 Å². The molecule has 2 bridgehead atoms. The Hall–Kier alpha value is -2.19. The van der Waals surface area contributed by atoms with Crippen LogP contribution in [0.3, 0.4) is 0 Å². The lowest BCUT2D eigenvalue weighted by Crippen LogP contribution is -2.48. The Morgan fingerprint density at radius 1 is 1.08 bits per heavy atom. The van der Waals surface area contributed by atoms with E-state index in [0.717, 1.165) is 5.56 Å². The molecular formula is C16H18N2O5S. The van der Waals surface area contributed by atoms with Gasteiger partial charge in [0.25, 0.3) is 10.0 Å². The van der Waals surface area contributed by atoms with Crippen LogP contribution < -0.4 is 10.3 Å². The highest BCUT2D eigenvalue weighted by atomic mass is 32.2. The number of rotatable bonds is 5. The number of aryl methyl sites for hydroxylation is 1. The van der Waals surface area contributed by atoms with Gasteiger partial charge in [0.2, 0.25) is 5.91 Å². The highest BCUT2D eigenvalue weighted by Gasteiger charge is 2.51. The molecule has 0 heterocycles. The molecule has 1 amide bonds. The zero-order valence-electron chi connectivity index (χ0n) is 13.0. The molecule has 0 aromatic heterocycles. The van der Waals surface area contributed by atoms with E-state index in [4.69, 9.17) is 0 Å². The van der Waals surface area contributed by atoms with Gasteiger partial charge >= 0.3 is 5.97 Å². The molecule has 0 radical (unpaired) electrons. The molecule has 2 aliphatic rings. The van der Waals surface area contributed by atoms with E-state index < -0.39 is 33.7 Å². The van der Waals surface area contributed by atoms with E-state index in [9.17, 15) is 23.1 Å². The average molecular weight is 350 g/mol. The Labute approximate surface area is 139 Å². The van der Waals surface area contributed by atoms with E-state index in [1.165, 1.54) is 12.1 Å². The van der Waals surface area contributed by atoms with Crippen LogP contribution in [-0.4, -0.2) is 25.4 Å². The molecule has 4 atom stereocenters. The molecule has 3 N–H and O–H groups in total. The van der Waals surface area contributed by atoms with Gasteiger partial charge in [0, 0.05) is 0 Å². The van der Waals surface area contributed by atoms with Gasteiger partial charge in [0.05, 0.1) is 16.7 Å². The van der Waals surface area contributed by atoms with E-state index in [1.54, 1.807) is 12.1 Å². The van der Waals surface area contributed by atoms with Crippen molar-refractivity contribution in [2.24, 2.45) is 23.7 Å². The minimum absolute atomic E-state index is 0.0241. The second kappa shape index (κ2) is 6.03. The van der Waals surface area contributed by atoms with Crippen LogP contribution in [0.25, 0.3) is 0 Å². The van der Waals surface area contributed by atoms with E-state index in [1.807, 2.05) is 23.9 Å². The number of sulfonamides is 1. The van der Waals surface area contributed by atoms with Crippen LogP contribution in [0.15, 0.2) is 41.3 Å². The van der Waals surface area contributed by atoms with E-state index in [0.29, 0.717) is 6.42 Å². The lowest BCUT2D eigenvalue weighted by molar-refractivity contribution is -0.147. The summed E-state index contributed by atoms with van der Waals surface area (Å²) in [6, 6.07) is 6.17. The first-order valence-corrected chi connectivity index (χ1v) is 9.07. The van der Waals surface area contributed by atoms with Crippen molar-refractivity contribution in [1.82, 2.24) is 10.3 Å². The third kappa shape index (κ3) is 2.94. The second-order valence-corrected chi connectivity index (χ2v) is 7.93. The molecule has 128 valence electrons. The van der Waals surface area contributed by atoms with Crippen molar-refractivity contribution < 1.29 is 23.1 Å². The summed E-state index contributed by atoms with van der Waals surface area (Å²) >= 11 is 0. The summed E-state index contributed by atoms with van der Waals surface area (Å²) in [5.74, 6) is -3.57. The maximum atomic E-state index is 12.3. The molecule has 1 aromatic carbocycles. The summed E-state index contributed by atoms with van der Waals surface area (Å²) in [6.07, 6.45) is 4.27. The van der Waals surface area contributed by atoms with Gasteiger partial charge in [-0.25, -0.2) is 8.42 Å². The molecule has 1 saturated carbocycles. The van der Waals surface area contributed by atoms with E-state index in [-0.39, 0.29) is 16.7 Å². The number of carboxylic acids is 1. The number of allylic oxidation sites excluding steroid dienone is 2. The number of benzene rings is 1. The van der Waals surface area contributed by atoms with Gasteiger partial charge < -0.3 is 5.11 Å². The van der Waals surface area contributed by atoms with Crippen LogP contribution in [0.5, 0.6) is 0 Å². The summed E-state index contributed by atoms with van der Waals surface area (Å²) in [7, 11) is -3.90. The van der Waals surface area contributed by atoms with Crippen LogP contribution in [0.2, 0.25) is 0 Å². The number of carbonyl (C=O) groups excluding carboxylic acids is 1. The molecule has 8 heteroatoms. The maximum Gasteiger partial charge on any atom is 0.307 e. The lowest BCUT2D eigenvalue weighted by Gasteiger charge is -2.23. The molecule has 24 heavy (non-hydrogen) atoms. The number of amides is 1. The highest BCUT2D eigenvalue weighted by Crippen LogP contribution is 2.48. The average Bonchev–Trinajstić information content (AvgIpc) is 3.14. The monoisotopic (exact) mass is 350 g/mol. The molecular weight excluding hydrogens is 332 g/mol. The van der Waals surface area contributed by atoms with Gasteiger partial charge in [0.15, 0.2) is 0 Å². The van der Waals surface area contributed by atoms with Gasteiger partial charge in [-0.2, -0.15) is 0 Å². The lowest BCUT2D eigenvalue weighted by atomic mass is 9.82. The van der Waals surface area contributed by atoms with E-state index >= 15 is 0 Å². The van der Waals surface area contributed by atoms with Crippen LogP contribution in [0.4, 0.5) is 0 Å². The molecule has 2 aliphatic carbocycles. The normalized spacial score (nSPS) is 28.0. The molecule has 0 aliphatic heterocycles. The minimum atomic E-state index is -3.90. The van der Waals surface area contributed by atoms with Crippen LogP contribution in [0.1, 0.15) is 12.0 Å². The molecule has 7 nitrogen and oxygen atoms in total. The van der Waals surface area contributed by atoms with Crippen LogP contribution in [-0.2, 0) is 19.6 Å². The minimum Gasteiger partial charge on any atom is -0.481 e. The smallest absolute Gasteiger partial charge is 0.307 e. The highest BCUT2D eigenvalue weighted by molar-refractivity contribution is 7.89. The SMILES string of the molecule is Cc1ccc(S(=O)(=O)NNC(=O)[C@@H]2[C@H](C(=O)O)[C@H]3C=C[C@H]2C3)cc1. The van der Waals surface area contributed by atoms with Crippen molar-refractivity contribution in [3.05, 3.63) is 42.0 Å². The zero-order valence-corrected chi connectivity index (χ0v) is 13.8. The number of nitrogens with one attached hydrogen (secondary N) is 2. The van der Waals surface area contributed by atoms with E-state index in [2.05, 4.69) is 5.43 Å². The predicted molar refractivity (Wildman–Crippen MR) is 85.0 cm³/mol. The standard InChI is InChI=1S/C16H18N2O5S/c1-9-2-6-12(7-3-9)24(22,23)18-17-15(19)13-10-4-5-11(8-10)14(13)16(20)21/h2-7,10-11,13-14,18H,8H2,1H3,(H,17,19)(H,20,21)/t10-,11-,13-,14+/m0/s1. The summed E-state index contributed by atoms with van der Waals surface area (Å²) in [5, 5.41) is 9.33. The molecule has 0 saturated heterocycles. The fraction of sp³-hybridized carbons (Fsp3) is 0.375. The first kappa shape index (κ1) is 16.7. The fourth-order valence-electron chi connectivity index (χ4n) is 3.49. The number of hydrogen-bond acceptors (Lipinski definition) is 4. The van der Waals surface area contributed by atoms with Crippen molar-refractivity contribution in [2.75, 3.05) is 0 Å². The number of carboxylic acid groups (broad SMARTS) is 1. The molecule has 0 unspecified atom stereocenters. The molecule has 0 spiro atoms. The Morgan fingerprint density at radius 3 is 2.25 bits per heavy atom. The third-order valence-electron chi connectivity index (χ3n) is 4.69. The van der Waals surface area contributed by atoms with Gasteiger partial charge in [-0.05, 0) is 37.3 Å². The Morgan fingerprint density at radius 2 is 1.67 bits per heavy atom. The van der Waals surface area contributed by atoms with Crippen molar-refractivity contribution in [3.8, 4) is 0 Å². The Bertz CT molecular complexity index is 800. The van der Waals surface area contributed by atoms with Gasteiger partial charge in [-0.15, -0.1) is 4.83 Å². The van der Waals surface area contributed by atoms with Crippen LogP contribution >= 0.6 is 0 Å². The van der Waals surface area contributed by atoms with Crippen molar-refractivity contribution in [2.45, 2.75) is 18.2 Å². The zero-order chi connectivity index (χ0) is 17.5. The topological polar surface area (TPSA) is 113 Å². The largest absolute Gasteiger partial charge is 0.481 e. The van der Waals surface area contributed by atoms with Crippen molar-refractivity contribution in [1.29, 1.82) is 0 Å². The molecule has 1 aromatic rings.